The highest BCUT2D eigenvalue weighted by Crippen LogP contribution is 2.15. The molecule has 1 heterocycles. The molecule has 1 N–H and O–H groups in total. The first kappa shape index (κ1) is 15.8. The highest BCUT2D eigenvalue weighted by molar-refractivity contribution is 6.12. The Hall–Kier alpha value is -2.58. The Kier molecular flexibility index (Phi) is 4.64. The summed E-state index contributed by atoms with van der Waals surface area (Å²) in [6, 6.07) is 0. The fraction of sp³-hybridized carbons (Fsp3) is 0.462. The molecule has 2 rings (SSSR count). The Balaban J connectivity index is 1.86. The van der Waals surface area contributed by atoms with Gasteiger partial charge in [0, 0.05) is 25.8 Å². The number of aromatic amines is 1. The van der Waals surface area contributed by atoms with Crippen LogP contribution in [0.2, 0.25) is 0 Å². The van der Waals surface area contributed by atoms with E-state index in [0.29, 0.717) is 0 Å². The van der Waals surface area contributed by atoms with Crippen molar-refractivity contribution in [3.8, 4) is 0 Å². The fourth-order valence-corrected chi connectivity index (χ4v) is 2.05. The average Bonchev–Trinajstić information content (AvgIpc) is 2.76. The van der Waals surface area contributed by atoms with Crippen LogP contribution in [0, 0.1) is 5.82 Å². The van der Waals surface area contributed by atoms with Crippen LogP contribution in [-0.4, -0.2) is 33.2 Å². The van der Waals surface area contributed by atoms with Gasteiger partial charge in [-0.3, -0.25) is 28.7 Å². The van der Waals surface area contributed by atoms with Crippen LogP contribution in [-0.2, 0) is 25.7 Å². The molecule has 0 amide bonds. The lowest BCUT2D eigenvalue weighted by Crippen LogP contribution is -2.32. The number of Topliss-reactive ketones (excluding diaryl/α,β-unsaturated/α-hetero) is 2. The third-order valence-corrected chi connectivity index (χ3v) is 3.20. The number of carbonyl (C=O) groups is 3. The van der Waals surface area contributed by atoms with E-state index in [1.807, 2.05) is 0 Å². The number of hydrogen-bond acceptors (Lipinski definition) is 6. The van der Waals surface area contributed by atoms with E-state index in [2.05, 4.69) is 0 Å². The summed E-state index contributed by atoms with van der Waals surface area (Å²) in [5.41, 5.74) is -1.90. The van der Waals surface area contributed by atoms with Gasteiger partial charge in [0.25, 0.3) is 5.56 Å². The van der Waals surface area contributed by atoms with E-state index in [9.17, 15) is 28.4 Å². The summed E-state index contributed by atoms with van der Waals surface area (Å²) in [6.45, 7) is -0.0196. The zero-order valence-electron chi connectivity index (χ0n) is 11.5. The molecule has 0 spiro atoms. The van der Waals surface area contributed by atoms with Gasteiger partial charge in [0.1, 0.15) is 0 Å². The summed E-state index contributed by atoms with van der Waals surface area (Å²) < 4.78 is 18.7. The van der Waals surface area contributed by atoms with Gasteiger partial charge >= 0.3 is 11.7 Å². The molecule has 0 aliphatic heterocycles. The number of carbonyl (C=O) groups excluding carboxylic acids is 3. The molecule has 0 saturated heterocycles. The van der Waals surface area contributed by atoms with E-state index in [1.165, 1.54) is 0 Å². The summed E-state index contributed by atoms with van der Waals surface area (Å²) >= 11 is 0. The molecule has 8 nitrogen and oxygen atoms in total. The van der Waals surface area contributed by atoms with Crippen LogP contribution in [0.15, 0.2) is 15.8 Å². The molecule has 0 unspecified atom stereocenters. The monoisotopic (exact) mass is 312 g/mol. The molecule has 1 aliphatic rings. The summed E-state index contributed by atoms with van der Waals surface area (Å²) in [5.74, 6) is -2.69. The first-order valence-corrected chi connectivity index (χ1v) is 6.62. The topological polar surface area (TPSA) is 115 Å². The molecule has 1 saturated carbocycles. The first-order valence-electron chi connectivity index (χ1n) is 6.62. The molecular weight excluding hydrogens is 299 g/mol. The number of rotatable bonds is 5. The molecular formula is C13H13FN2O6. The van der Waals surface area contributed by atoms with E-state index < -0.39 is 40.7 Å². The Bertz CT molecular complexity index is 719. The van der Waals surface area contributed by atoms with Crippen molar-refractivity contribution in [3.05, 3.63) is 32.9 Å². The second kappa shape index (κ2) is 6.46. The third kappa shape index (κ3) is 3.54. The van der Waals surface area contributed by atoms with Crippen molar-refractivity contribution in [2.75, 3.05) is 0 Å². The predicted molar refractivity (Wildman–Crippen MR) is 69.6 cm³/mol. The molecule has 0 aromatic carbocycles. The SMILES string of the molecule is O=C(CCCn1cc(F)c(=O)[nH]c1=O)OC1C(=O)CCC1=O. The molecule has 1 aromatic rings. The molecule has 1 aliphatic carbocycles. The van der Waals surface area contributed by atoms with Crippen molar-refractivity contribution < 1.29 is 23.5 Å². The first-order chi connectivity index (χ1) is 10.4. The lowest BCUT2D eigenvalue weighted by atomic mass is 10.2. The van der Waals surface area contributed by atoms with E-state index >= 15 is 0 Å². The number of nitrogens with zero attached hydrogens (tertiary/aromatic N) is 1. The van der Waals surface area contributed by atoms with Gasteiger partial charge in [-0.15, -0.1) is 0 Å². The number of ketones is 2. The zero-order chi connectivity index (χ0) is 16.3. The zero-order valence-corrected chi connectivity index (χ0v) is 11.5. The molecule has 0 atom stereocenters. The highest BCUT2D eigenvalue weighted by atomic mass is 19.1. The number of ether oxygens (including phenoxy) is 1. The van der Waals surface area contributed by atoms with E-state index in [4.69, 9.17) is 4.74 Å². The van der Waals surface area contributed by atoms with Crippen molar-refractivity contribution in [1.82, 2.24) is 9.55 Å². The van der Waals surface area contributed by atoms with Crippen LogP contribution >= 0.6 is 0 Å². The minimum absolute atomic E-state index is 0.0196. The van der Waals surface area contributed by atoms with Gasteiger partial charge in [-0.25, -0.2) is 4.79 Å². The van der Waals surface area contributed by atoms with E-state index in [-0.39, 0.29) is 32.2 Å². The van der Waals surface area contributed by atoms with Crippen LogP contribution in [0.1, 0.15) is 25.7 Å². The molecule has 118 valence electrons. The Morgan fingerprint density at radius 2 is 1.91 bits per heavy atom. The normalized spacial score (nSPS) is 15.3. The largest absolute Gasteiger partial charge is 0.446 e. The smallest absolute Gasteiger partial charge is 0.328 e. The van der Waals surface area contributed by atoms with Crippen molar-refractivity contribution in [1.29, 1.82) is 0 Å². The van der Waals surface area contributed by atoms with Gasteiger partial charge in [-0.05, 0) is 6.42 Å². The number of aryl methyl sites for hydroxylation is 1. The Morgan fingerprint density at radius 3 is 2.55 bits per heavy atom. The number of H-pyrrole nitrogens is 1. The van der Waals surface area contributed by atoms with Crippen molar-refractivity contribution in [2.45, 2.75) is 38.3 Å². The maximum Gasteiger partial charge on any atom is 0.328 e. The molecule has 1 aromatic heterocycles. The van der Waals surface area contributed by atoms with Crippen molar-refractivity contribution in [3.63, 3.8) is 0 Å². The molecule has 1 fully saturated rings. The Labute approximate surface area is 122 Å². The van der Waals surface area contributed by atoms with Crippen molar-refractivity contribution in [2.24, 2.45) is 0 Å². The number of aromatic nitrogens is 2. The van der Waals surface area contributed by atoms with Crippen molar-refractivity contribution >= 4 is 17.5 Å². The quantitative estimate of drug-likeness (QED) is 0.568. The van der Waals surface area contributed by atoms with Crippen LogP contribution in [0.5, 0.6) is 0 Å². The van der Waals surface area contributed by atoms with Gasteiger partial charge in [-0.2, -0.15) is 4.39 Å². The lowest BCUT2D eigenvalue weighted by Gasteiger charge is -2.09. The molecule has 22 heavy (non-hydrogen) atoms. The summed E-state index contributed by atoms with van der Waals surface area (Å²) in [7, 11) is 0. The van der Waals surface area contributed by atoms with E-state index in [0.717, 1.165) is 10.8 Å². The van der Waals surface area contributed by atoms with Gasteiger partial charge < -0.3 is 4.74 Å². The highest BCUT2D eigenvalue weighted by Gasteiger charge is 2.35. The van der Waals surface area contributed by atoms with Gasteiger partial charge in [-0.1, -0.05) is 0 Å². The predicted octanol–water partition coefficient (Wildman–Crippen LogP) is -0.700. The minimum atomic E-state index is -1.32. The standard InChI is InChI=1S/C13H13FN2O6/c14-7-6-16(13(21)15-12(7)20)5-1-2-10(19)22-11-8(17)3-4-9(11)18/h6,11H,1-5H2,(H,15,20,21). The maximum atomic E-state index is 13.0. The number of nitrogens with one attached hydrogen (secondary N) is 1. The summed E-state index contributed by atoms with van der Waals surface area (Å²) in [5, 5.41) is 0. The number of halogens is 1. The lowest BCUT2D eigenvalue weighted by molar-refractivity contribution is -0.157. The maximum absolute atomic E-state index is 13.0. The summed E-state index contributed by atoms with van der Waals surface area (Å²) in [4.78, 5) is 58.2. The molecule has 0 bridgehead atoms. The third-order valence-electron chi connectivity index (χ3n) is 3.20. The fourth-order valence-electron chi connectivity index (χ4n) is 2.05. The van der Waals surface area contributed by atoms with Crippen LogP contribution < -0.4 is 11.2 Å². The van der Waals surface area contributed by atoms with Crippen LogP contribution in [0.4, 0.5) is 4.39 Å². The van der Waals surface area contributed by atoms with Gasteiger partial charge in [0.2, 0.25) is 11.9 Å². The summed E-state index contributed by atoms with van der Waals surface area (Å²) in [6.07, 6.45) is -0.452. The molecule has 9 heteroatoms. The van der Waals surface area contributed by atoms with Crippen LogP contribution in [0.3, 0.4) is 0 Å². The van der Waals surface area contributed by atoms with Gasteiger partial charge in [0.15, 0.2) is 11.6 Å². The van der Waals surface area contributed by atoms with E-state index in [1.54, 1.807) is 4.98 Å². The average molecular weight is 312 g/mol. The van der Waals surface area contributed by atoms with Gasteiger partial charge in [0.05, 0.1) is 6.20 Å². The number of hydrogen-bond donors (Lipinski definition) is 1. The number of esters is 1. The van der Waals surface area contributed by atoms with Crippen LogP contribution in [0.25, 0.3) is 0 Å². The molecule has 0 radical (unpaired) electrons. The second-order valence-corrected chi connectivity index (χ2v) is 4.84. The Morgan fingerprint density at radius 1 is 1.27 bits per heavy atom. The second-order valence-electron chi connectivity index (χ2n) is 4.84. The minimum Gasteiger partial charge on any atom is -0.446 e.